The zero-order valence-corrected chi connectivity index (χ0v) is 11.1. The molecule has 6 heteroatoms. The van der Waals surface area contributed by atoms with Crippen molar-refractivity contribution in [1.29, 1.82) is 0 Å². The molecule has 1 heterocycles. The SMILES string of the molecule is CCc1nnc(C)cc1C(=O)N(CC(=O)O)C1CC1. The number of nitrogens with zero attached hydrogens (tertiary/aromatic N) is 3. The van der Waals surface area contributed by atoms with E-state index >= 15 is 0 Å². The fraction of sp³-hybridized carbons (Fsp3) is 0.538. The van der Waals surface area contributed by atoms with E-state index in [1.807, 2.05) is 6.92 Å². The van der Waals surface area contributed by atoms with Gasteiger partial charge in [0.15, 0.2) is 0 Å². The van der Waals surface area contributed by atoms with Gasteiger partial charge >= 0.3 is 5.97 Å². The fourth-order valence-electron chi connectivity index (χ4n) is 2.01. The highest BCUT2D eigenvalue weighted by molar-refractivity contribution is 5.97. The van der Waals surface area contributed by atoms with Crippen molar-refractivity contribution in [2.75, 3.05) is 6.54 Å². The van der Waals surface area contributed by atoms with Gasteiger partial charge in [-0.2, -0.15) is 10.2 Å². The van der Waals surface area contributed by atoms with E-state index in [0.717, 1.165) is 12.8 Å². The Morgan fingerprint density at radius 3 is 2.63 bits per heavy atom. The molecule has 1 saturated carbocycles. The van der Waals surface area contributed by atoms with E-state index in [-0.39, 0.29) is 18.5 Å². The molecule has 1 aliphatic carbocycles. The van der Waals surface area contributed by atoms with E-state index in [4.69, 9.17) is 5.11 Å². The van der Waals surface area contributed by atoms with Crippen molar-refractivity contribution in [3.63, 3.8) is 0 Å². The highest BCUT2D eigenvalue weighted by Crippen LogP contribution is 2.28. The predicted octanol–water partition coefficient (Wildman–Crippen LogP) is 1.04. The summed E-state index contributed by atoms with van der Waals surface area (Å²) in [5.41, 5.74) is 1.75. The van der Waals surface area contributed by atoms with E-state index in [2.05, 4.69) is 10.2 Å². The Hall–Kier alpha value is -1.98. The lowest BCUT2D eigenvalue weighted by Crippen LogP contribution is -2.38. The lowest BCUT2D eigenvalue weighted by atomic mass is 10.1. The number of amides is 1. The molecule has 0 unspecified atom stereocenters. The Morgan fingerprint density at radius 2 is 2.11 bits per heavy atom. The van der Waals surface area contributed by atoms with Gasteiger partial charge in [-0.1, -0.05) is 6.92 Å². The first kappa shape index (κ1) is 13.5. The largest absolute Gasteiger partial charge is 0.480 e. The molecule has 2 rings (SSSR count). The Bertz CT molecular complexity index is 512. The van der Waals surface area contributed by atoms with Crippen LogP contribution in [0.4, 0.5) is 0 Å². The van der Waals surface area contributed by atoms with Crippen molar-refractivity contribution < 1.29 is 14.7 Å². The van der Waals surface area contributed by atoms with Gasteiger partial charge in [0.05, 0.1) is 17.0 Å². The summed E-state index contributed by atoms with van der Waals surface area (Å²) in [6, 6.07) is 1.74. The lowest BCUT2D eigenvalue weighted by molar-refractivity contribution is -0.137. The molecule has 1 fully saturated rings. The zero-order valence-electron chi connectivity index (χ0n) is 11.1. The van der Waals surface area contributed by atoms with Crippen LogP contribution in [-0.4, -0.2) is 44.7 Å². The van der Waals surface area contributed by atoms with E-state index < -0.39 is 5.97 Å². The van der Waals surface area contributed by atoms with Crippen LogP contribution in [0, 0.1) is 6.92 Å². The number of hydrogen-bond donors (Lipinski definition) is 1. The Balaban J connectivity index is 2.30. The minimum Gasteiger partial charge on any atom is -0.480 e. The van der Waals surface area contributed by atoms with Crippen LogP contribution >= 0.6 is 0 Å². The van der Waals surface area contributed by atoms with Crippen LogP contribution in [0.1, 0.15) is 41.5 Å². The number of carboxylic acids is 1. The minimum atomic E-state index is -0.989. The summed E-state index contributed by atoms with van der Waals surface area (Å²) in [7, 11) is 0. The Labute approximate surface area is 111 Å². The molecular weight excluding hydrogens is 246 g/mol. The number of hydrogen-bond acceptors (Lipinski definition) is 4. The first-order chi connectivity index (χ1) is 9.02. The predicted molar refractivity (Wildman–Crippen MR) is 67.8 cm³/mol. The second-order valence-corrected chi connectivity index (χ2v) is 4.76. The highest BCUT2D eigenvalue weighted by atomic mass is 16.4. The van der Waals surface area contributed by atoms with Crippen LogP contribution in [0.5, 0.6) is 0 Å². The molecule has 0 spiro atoms. The quantitative estimate of drug-likeness (QED) is 0.858. The molecule has 0 radical (unpaired) electrons. The summed E-state index contributed by atoms with van der Waals surface area (Å²) in [5, 5.41) is 16.9. The molecule has 6 nitrogen and oxygen atoms in total. The molecule has 0 bridgehead atoms. The van der Waals surface area contributed by atoms with Crippen LogP contribution in [0.15, 0.2) is 6.07 Å². The molecule has 0 aromatic carbocycles. The highest BCUT2D eigenvalue weighted by Gasteiger charge is 2.35. The number of rotatable bonds is 5. The number of carbonyl (C=O) groups is 2. The van der Waals surface area contributed by atoms with Crippen molar-refractivity contribution in [2.24, 2.45) is 0 Å². The summed E-state index contributed by atoms with van der Waals surface area (Å²) >= 11 is 0. The molecule has 1 amide bonds. The second-order valence-electron chi connectivity index (χ2n) is 4.76. The maximum atomic E-state index is 12.5. The summed E-state index contributed by atoms with van der Waals surface area (Å²) in [5.74, 6) is -1.24. The van der Waals surface area contributed by atoms with Crippen LogP contribution in [-0.2, 0) is 11.2 Å². The average Bonchev–Trinajstić information content (AvgIpc) is 3.19. The van der Waals surface area contributed by atoms with Gasteiger partial charge in [0, 0.05) is 6.04 Å². The van der Waals surface area contributed by atoms with Crippen molar-refractivity contribution in [1.82, 2.24) is 15.1 Å². The molecule has 0 aliphatic heterocycles. The minimum absolute atomic E-state index is 0.0572. The van der Waals surface area contributed by atoms with Crippen molar-refractivity contribution >= 4 is 11.9 Å². The standard InChI is InChI=1S/C13H17N3O3/c1-3-11-10(6-8(2)14-15-11)13(19)16(7-12(17)18)9-4-5-9/h6,9H,3-5,7H2,1-2H3,(H,17,18). The first-order valence-corrected chi connectivity index (χ1v) is 6.39. The van der Waals surface area contributed by atoms with Crippen molar-refractivity contribution in [3.8, 4) is 0 Å². The molecule has 19 heavy (non-hydrogen) atoms. The molecule has 1 aromatic heterocycles. The topological polar surface area (TPSA) is 83.4 Å². The Morgan fingerprint density at radius 1 is 1.42 bits per heavy atom. The van der Waals surface area contributed by atoms with Crippen LogP contribution < -0.4 is 0 Å². The molecule has 0 atom stereocenters. The normalized spacial score (nSPS) is 14.2. The lowest BCUT2D eigenvalue weighted by Gasteiger charge is -2.21. The summed E-state index contributed by atoms with van der Waals surface area (Å²) in [6.45, 7) is 3.41. The average molecular weight is 263 g/mol. The molecule has 1 aliphatic rings. The Kier molecular flexibility index (Phi) is 3.78. The van der Waals surface area contributed by atoms with E-state index in [1.54, 1.807) is 13.0 Å². The maximum absolute atomic E-state index is 12.5. The summed E-state index contributed by atoms with van der Waals surface area (Å²) in [6.07, 6.45) is 2.34. The zero-order chi connectivity index (χ0) is 14.0. The first-order valence-electron chi connectivity index (χ1n) is 6.39. The molecular formula is C13H17N3O3. The number of carboxylic acid groups (broad SMARTS) is 1. The van der Waals surface area contributed by atoms with Gasteiger partial charge in [0.1, 0.15) is 6.54 Å². The maximum Gasteiger partial charge on any atom is 0.323 e. The molecule has 1 aromatic rings. The van der Waals surface area contributed by atoms with Crippen LogP contribution in [0.25, 0.3) is 0 Å². The monoisotopic (exact) mass is 263 g/mol. The number of aliphatic carboxylic acids is 1. The molecule has 0 saturated heterocycles. The van der Waals surface area contributed by atoms with Gasteiger partial charge in [0.25, 0.3) is 5.91 Å². The van der Waals surface area contributed by atoms with Gasteiger partial charge < -0.3 is 10.0 Å². The van der Waals surface area contributed by atoms with Crippen LogP contribution in [0.2, 0.25) is 0 Å². The second kappa shape index (κ2) is 5.34. The van der Waals surface area contributed by atoms with Crippen molar-refractivity contribution in [3.05, 3.63) is 23.0 Å². The van der Waals surface area contributed by atoms with Gasteiger partial charge in [0.2, 0.25) is 0 Å². The number of aryl methyl sites for hydroxylation is 2. The van der Waals surface area contributed by atoms with Gasteiger partial charge in [-0.3, -0.25) is 9.59 Å². The third-order valence-corrected chi connectivity index (χ3v) is 3.11. The van der Waals surface area contributed by atoms with E-state index in [0.29, 0.717) is 23.4 Å². The summed E-state index contributed by atoms with van der Waals surface area (Å²) < 4.78 is 0. The number of carbonyl (C=O) groups excluding carboxylic acids is 1. The third kappa shape index (κ3) is 3.07. The molecule has 1 N–H and O–H groups in total. The fourth-order valence-corrected chi connectivity index (χ4v) is 2.01. The van der Waals surface area contributed by atoms with E-state index in [9.17, 15) is 9.59 Å². The molecule has 102 valence electrons. The van der Waals surface area contributed by atoms with Crippen molar-refractivity contribution in [2.45, 2.75) is 39.2 Å². The van der Waals surface area contributed by atoms with E-state index in [1.165, 1.54) is 4.90 Å². The third-order valence-electron chi connectivity index (χ3n) is 3.11. The van der Waals surface area contributed by atoms with Crippen LogP contribution in [0.3, 0.4) is 0 Å². The summed E-state index contributed by atoms with van der Waals surface area (Å²) in [4.78, 5) is 24.8. The van der Waals surface area contributed by atoms with Gasteiger partial charge in [-0.25, -0.2) is 0 Å². The number of aromatic nitrogens is 2. The van der Waals surface area contributed by atoms with Gasteiger partial charge in [-0.05, 0) is 32.3 Å². The van der Waals surface area contributed by atoms with Gasteiger partial charge in [-0.15, -0.1) is 0 Å². The smallest absolute Gasteiger partial charge is 0.323 e.